The van der Waals surface area contributed by atoms with Gasteiger partial charge in [-0.25, -0.2) is 0 Å². The van der Waals surface area contributed by atoms with E-state index in [0.29, 0.717) is 6.54 Å². The van der Waals surface area contributed by atoms with Gasteiger partial charge >= 0.3 is 0 Å². The van der Waals surface area contributed by atoms with Crippen molar-refractivity contribution in [3.63, 3.8) is 0 Å². The number of hydrogen-bond acceptors (Lipinski definition) is 3. The summed E-state index contributed by atoms with van der Waals surface area (Å²) in [6.07, 6.45) is 3.50. The molecule has 1 aliphatic rings. The number of carbonyl (C=O) groups is 1. The van der Waals surface area contributed by atoms with Crippen molar-refractivity contribution in [2.45, 2.75) is 51.4 Å². The molecule has 0 spiro atoms. The maximum absolute atomic E-state index is 12.6. The van der Waals surface area contributed by atoms with Gasteiger partial charge in [-0.05, 0) is 39.2 Å². The second-order valence-corrected chi connectivity index (χ2v) is 6.68. The molecule has 1 aromatic heterocycles. The number of hydrogen-bond donors (Lipinski definition) is 1. The van der Waals surface area contributed by atoms with Gasteiger partial charge in [-0.2, -0.15) is 0 Å². The van der Waals surface area contributed by atoms with Gasteiger partial charge in [0.15, 0.2) is 0 Å². The normalized spacial score (nSPS) is 17.3. The number of aryl methyl sites for hydroxylation is 2. The number of rotatable bonds is 5. The lowest BCUT2D eigenvalue weighted by molar-refractivity contribution is -0.122. The van der Waals surface area contributed by atoms with Crippen LogP contribution in [0.1, 0.15) is 54.7 Å². The summed E-state index contributed by atoms with van der Waals surface area (Å²) in [4.78, 5) is 12.6. The van der Waals surface area contributed by atoms with Gasteiger partial charge < -0.3 is 9.84 Å². The van der Waals surface area contributed by atoms with Crippen LogP contribution in [-0.2, 0) is 10.2 Å². The lowest BCUT2D eigenvalue weighted by Crippen LogP contribution is -2.46. The first-order valence-corrected chi connectivity index (χ1v) is 8.29. The summed E-state index contributed by atoms with van der Waals surface area (Å²) in [6, 6.07) is 10.5. The number of carbonyl (C=O) groups excluding carboxylic acids is 1. The highest BCUT2D eigenvalue weighted by Crippen LogP contribution is 2.43. The van der Waals surface area contributed by atoms with Gasteiger partial charge in [0, 0.05) is 17.5 Å². The molecule has 0 bridgehead atoms. The molecule has 1 aliphatic carbocycles. The number of nitrogens with one attached hydrogen (secondary N) is 1. The summed E-state index contributed by atoms with van der Waals surface area (Å²) >= 11 is 0. The third-order valence-corrected chi connectivity index (χ3v) is 5.21. The highest BCUT2D eigenvalue weighted by Gasteiger charge is 2.39. The van der Waals surface area contributed by atoms with Crippen molar-refractivity contribution in [2.24, 2.45) is 0 Å². The summed E-state index contributed by atoms with van der Waals surface area (Å²) in [5.74, 6) is 0.530. The predicted octanol–water partition coefficient (Wildman–Crippen LogP) is 3.63. The molecular formula is C19H24N2O2. The second kappa shape index (κ2) is 6.19. The van der Waals surface area contributed by atoms with E-state index in [1.54, 1.807) is 0 Å². The summed E-state index contributed by atoms with van der Waals surface area (Å²) in [5.41, 5.74) is 3.14. The molecule has 0 unspecified atom stereocenters. The van der Waals surface area contributed by atoms with Gasteiger partial charge in [0.25, 0.3) is 0 Å². The fourth-order valence-electron chi connectivity index (χ4n) is 3.61. The van der Waals surface area contributed by atoms with Crippen LogP contribution in [0.5, 0.6) is 0 Å². The average molecular weight is 312 g/mol. The largest absolute Gasteiger partial charge is 0.361 e. The zero-order chi connectivity index (χ0) is 16.4. The molecule has 4 heteroatoms. The average Bonchev–Trinajstić information content (AvgIpc) is 2.85. The van der Waals surface area contributed by atoms with Gasteiger partial charge in [-0.15, -0.1) is 0 Å². The Bertz CT molecular complexity index is 667. The van der Waals surface area contributed by atoms with Crippen molar-refractivity contribution in [3.8, 4) is 0 Å². The Morgan fingerprint density at radius 2 is 2.00 bits per heavy atom. The topological polar surface area (TPSA) is 55.1 Å². The first kappa shape index (κ1) is 15.8. The van der Waals surface area contributed by atoms with Crippen molar-refractivity contribution in [1.29, 1.82) is 0 Å². The first-order valence-electron chi connectivity index (χ1n) is 8.29. The van der Waals surface area contributed by atoms with Crippen molar-refractivity contribution < 1.29 is 9.32 Å². The van der Waals surface area contributed by atoms with Crippen LogP contribution < -0.4 is 5.32 Å². The minimum atomic E-state index is -0.242. The molecule has 0 aliphatic heterocycles. The molecule has 23 heavy (non-hydrogen) atoms. The molecule has 2 aromatic rings. The van der Waals surface area contributed by atoms with Gasteiger partial charge in [0.2, 0.25) is 5.91 Å². The number of benzene rings is 1. The molecular weight excluding hydrogens is 288 g/mol. The molecule has 1 aromatic carbocycles. The van der Waals surface area contributed by atoms with E-state index in [9.17, 15) is 4.79 Å². The summed E-state index contributed by atoms with van der Waals surface area (Å²) in [6.45, 7) is 6.35. The standard InChI is InChI=1S/C19H24N2O2/c1-13(17-14(2)21-23-15(17)3)18(22)20-12-19(10-7-11-19)16-8-5-4-6-9-16/h4-6,8-9,13H,7,10-12H2,1-3H3,(H,20,22)/t13-/m0/s1. The fraction of sp³-hybridized carbons (Fsp3) is 0.474. The minimum Gasteiger partial charge on any atom is -0.361 e. The monoisotopic (exact) mass is 312 g/mol. The Morgan fingerprint density at radius 1 is 1.30 bits per heavy atom. The summed E-state index contributed by atoms with van der Waals surface area (Å²) in [5, 5.41) is 7.11. The number of amides is 1. The van der Waals surface area contributed by atoms with E-state index in [2.05, 4.69) is 34.7 Å². The van der Waals surface area contributed by atoms with Crippen LogP contribution in [0.15, 0.2) is 34.9 Å². The molecule has 1 heterocycles. The second-order valence-electron chi connectivity index (χ2n) is 6.68. The number of nitrogens with zero attached hydrogens (tertiary/aromatic N) is 1. The van der Waals surface area contributed by atoms with Gasteiger partial charge in [0.05, 0.1) is 11.6 Å². The van der Waals surface area contributed by atoms with Crippen molar-refractivity contribution in [2.75, 3.05) is 6.54 Å². The lowest BCUT2D eigenvalue weighted by atomic mass is 9.64. The Kier molecular flexibility index (Phi) is 4.24. The molecule has 1 saturated carbocycles. The molecule has 122 valence electrons. The Balaban J connectivity index is 1.69. The van der Waals surface area contributed by atoms with Crippen LogP contribution in [0, 0.1) is 13.8 Å². The maximum Gasteiger partial charge on any atom is 0.227 e. The van der Waals surface area contributed by atoms with Crippen molar-refractivity contribution in [1.82, 2.24) is 10.5 Å². The zero-order valence-electron chi connectivity index (χ0n) is 14.1. The highest BCUT2D eigenvalue weighted by atomic mass is 16.5. The Hall–Kier alpha value is -2.10. The first-order chi connectivity index (χ1) is 11.0. The quantitative estimate of drug-likeness (QED) is 0.917. The van der Waals surface area contributed by atoms with Gasteiger partial charge in [-0.3, -0.25) is 4.79 Å². The molecule has 1 fully saturated rings. The maximum atomic E-state index is 12.6. The fourth-order valence-corrected chi connectivity index (χ4v) is 3.61. The van der Waals surface area contributed by atoms with E-state index in [4.69, 9.17) is 4.52 Å². The van der Waals surface area contributed by atoms with Crippen LogP contribution in [-0.4, -0.2) is 17.6 Å². The third-order valence-electron chi connectivity index (χ3n) is 5.21. The summed E-state index contributed by atoms with van der Waals surface area (Å²) < 4.78 is 5.18. The van der Waals surface area contributed by atoms with Crippen molar-refractivity contribution >= 4 is 5.91 Å². The Morgan fingerprint density at radius 3 is 2.52 bits per heavy atom. The van der Waals surface area contributed by atoms with E-state index in [1.165, 1.54) is 12.0 Å². The predicted molar refractivity (Wildman–Crippen MR) is 89.4 cm³/mol. The molecule has 4 nitrogen and oxygen atoms in total. The third kappa shape index (κ3) is 2.90. The Labute approximate surface area is 137 Å². The molecule has 3 rings (SSSR count). The van der Waals surface area contributed by atoms with Gasteiger partial charge in [-0.1, -0.05) is 41.9 Å². The molecule has 0 radical (unpaired) electrons. The summed E-state index contributed by atoms with van der Waals surface area (Å²) in [7, 11) is 0. The lowest BCUT2D eigenvalue weighted by Gasteiger charge is -2.42. The van der Waals surface area contributed by atoms with E-state index >= 15 is 0 Å². The number of aromatic nitrogens is 1. The van der Waals surface area contributed by atoms with Crippen LogP contribution in [0.3, 0.4) is 0 Å². The van der Waals surface area contributed by atoms with Gasteiger partial charge in [0.1, 0.15) is 5.76 Å². The zero-order valence-corrected chi connectivity index (χ0v) is 14.1. The van der Waals surface area contributed by atoms with Crippen LogP contribution in [0.4, 0.5) is 0 Å². The molecule has 1 atom stereocenters. The van der Waals surface area contributed by atoms with Crippen LogP contribution in [0.25, 0.3) is 0 Å². The molecule has 1 amide bonds. The van der Waals surface area contributed by atoms with E-state index in [-0.39, 0.29) is 17.2 Å². The SMILES string of the molecule is Cc1noc(C)c1[C@H](C)C(=O)NCC1(c2ccccc2)CCC1. The van der Waals surface area contributed by atoms with E-state index in [1.807, 2.05) is 26.8 Å². The van der Waals surface area contributed by atoms with Crippen molar-refractivity contribution in [3.05, 3.63) is 52.9 Å². The smallest absolute Gasteiger partial charge is 0.227 e. The van der Waals surface area contributed by atoms with E-state index < -0.39 is 0 Å². The highest BCUT2D eigenvalue weighted by molar-refractivity contribution is 5.83. The molecule has 0 saturated heterocycles. The minimum absolute atomic E-state index is 0.0432. The van der Waals surface area contributed by atoms with Crippen LogP contribution >= 0.6 is 0 Å². The van der Waals surface area contributed by atoms with Crippen LogP contribution in [0.2, 0.25) is 0 Å². The van der Waals surface area contributed by atoms with E-state index in [0.717, 1.165) is 29.9 Å². The molecule has 1 N–H and O–H groups in total.